The molecule has 2 fully saturated rings. The molecule has 0 saturated carbocycles. The van der Waals surface area contributed by atoms with Gasteiger partial charge in [0, 0.05) is 10.9 Å². The number of sulfone groups is 1. The Hall–Kier alpha value is -1.05. The van der Waals surface area contributed by atoms with Crippen molar-refractivity contribution in [3.8, 4) is 0 Å². The number of anilines is 1. The van der Waals surface area contributed by atoms with Gasteiger partial charge in [-0.05, 0) is 23.6 Å². The highest BCUT2D eigenvalue weighted by atomic mass is 35.5. The van der Waals surface area contributed by atoms with Crippen LogP contribution in [0.1, 0.15) is 25.3 Å². The summed E-state index contributed by atoms with van der Waals surface area (Å²) in [5.41, 5.74) is 2.06. The zero-order chi connectivity index (χ0) is 17.5. The molecule has 24 heavy (non-hydrogen) atoms. The number of alkyl halides is 1. The van der Waals surface area contributed by atoms with E-state index in [2.05, 4.69) is 18.8 Å². The summed E-state index contributed by atoms with van der Waals surface area (Å²) in [5, 5.41) is 0.449. The zero-order valence-corrected chi connectivity index (χ0v) is 15.9. The van der Waals surface area contributed by atoms with Gasteiger partial charge in [0.1, 0.15) is 5.88 Å². The van der Waals surface area contributed by atoms with Gasteiger partial charge in [0.25, 0.3) is 5.91 Å². The summed E-state index contributed by atoms with van der Waals surface area (Å²) in [6.45, 7) is 4.23. The fourth-order valence-electron chi connectivity index (χ4n) is 3.02. The van der Waals surface area contributed by atoms with Crippen molar-refractivity contribution in [1.82, 2.24) is 0 Å². The van der Waals surface area contributed by atoms with Gasteiger partial charge in [-0.2, -0.15) is 4.99 Å². The van der Waals surface area contributed by atoms with Crippen LogP contribution in [0.3, 0.4) is 0 Å². The maximum absolute atomic E-state index is 12.0. The van der Waals surface area contributed by atoms with Gasteiger partial charge in [-0.3, -0.25) is 4.79 Å². The highest BCUT2D eigenvalue weighted by molar-refractivity contribution is 8.16. The first-order valence-corrected chi connectivity index (χ1v) is 11.0. The van der Waals surface area contributed by atoms with Crippen LogP contribution in [-0.4, -0.2) is 48.2 Å². The van der Waals surface area contributed by atoms with E-state index in [1.54, 1.807) is 0 Å². The Kier molecular flexibility index (Phi) is 4.95. The van der Waals surface area contributed by atoms with Crippen LogP contribution >= 0.6 is 23.4 Å². The lowest BCUT2D eigenvalue weighted by Gasteiger charge is -2.25. The summed E-state index contributed by atoms with van der Waals surface area (Å²) in [6, 6.07) is 7.80. The molecule has 8 heteroatoms. The molecular weight excluding hydrogens is 368 g/mol. The fraction of sp³-hybridized carbons (Fsp3) is 0.500. The Morgan fingerprint density at radius 2 is 2.00 bits per heavy atom. The van der Waals surface area contributed by atoms with Gasteiger partial charge in [0.15, 0.2) is 15.0 Å². The van der Waals surface area contributed by atoms with Gasteiger partial charge < -0.3 is 4.90 Å². The number of rotatable bonds is 3. The number of benzene rings is 1. The molecule has 1 amide bonds. The number of hydrogen-bond acceptors (Lipinski definition) is 4. The summed E-state index contributed by atoms with van der Waals surface area (Å²) in [4.78, 5) is 17.6. The molecule has 1 aromatic carbocycles. The standard InChI is InChI=1S/C16H19ClN2O3S2/c1-10(2)11-3-5-12(6-4-11)19-13-8-24(21,22)9-14(13)23-16(19)18-15(20)7-17/h3-6,10,13-14H,7-9H2,1-2H3. The van der Waals surface area contributed by atoms with Crippen LogP contribution < -0.4 is 4.90 Å². The summed E-state index contributed by atoms with van der Waals surface area (Å²) < 4.78 is 24.0. The Balaban J connectivity index is 1.98. The molecular formula is C16H19ClN2O3S2. The normalized spacial score (nSPS) is 27.0. The minimum absolute atomic E-state index is 0.0880. The monoisotopic (exact) mass is 386 g/mol. The maximum Gasteiger partial charge on any atom is 0.262 e. The molecule has 1 aromatic rings. The van der Waals surface area contributed by atoms with E-state index in [9.17, 15) is 13.2 Å². The summed E-state index contributed by atoms with van der Waals surface area (Å²) in [7, 11) is -3.05. The second-order valence-corrected chi connectivity index (χ2v) is 9.97. The third-order valence-electron chi connectivity index (χ3n) is 4.24. The van der Waals surface area contributed by atoms with Crippen LogP contribution in [0.25, 0.3) is 0 Å². The third kappa shape index (κ3) is 3.48. The first kappa shape index (κ1) is 17.8. The van der Waals surface area contributed by atoms with Crippen molar-refractivity contribution in [3.63, 3.8) is 0 Å². The SMILES string of the molecule is CC(C)c1ccc(N2C(=NC(=O)CCl)SC3CS(=O)(=O)CC32)cc1. The smallest absolute Gasteiger partial charge is 0.262 e. The number of thioether (sulfide) groups is 1. The maximum atomic E-state index is 12.0. The van der Waals surface area contributed by atoms with Gasteiger partial charge in [0.2, 0.25) is 0 Å². The largest absolute Gasteiger partial charge is 0.316 e. The van der Waals surface area contributed by atoms with Gasteiger partial charge in [-0.25, -0.2) is 8.42 Å². The van der Waals surface area contributed by atoms with E-state index < -0.39 is 15.7 Å². The van der Waals surface area contributed by atoms with E-state index in [1.807, 2.05) is 29.2 Å². The predicted octanol–water partition coefficient (Wildman–Crippen LogP) is 2.65. The average Bonchev–Trinajstić information content (AvgIpc) is 2.98. The van der Waals surface area contributed by atoms with Crippen molar-refractivity contribution in [1.29, 1.82) is 0 Å². The minimum Gasteiger partial charge on any atom is -0.316 e. The van der Waals surface area contributed by atoms with Crippen molar-refractivity contribution in [2.45, 2.75) is 31.1 Å². The molecule has 0 spiro atoms. The van der Waals surface area contributed by atoms with Crippen molar-refractivity contribution in [3.05, 3.63) is 29.8 Å². The Morgan fingerprint density at radius 3 is 2.58 bits per heavy atom. The number of aliphatic imine (C=N–C) groups is 1. The quantitative estimate of drug-likeness (QED) is 0.747. The van der Waals surface area contributed by atoms with E-state index in [0.29, 0.717) is 11.1 Å². The fourth-order valence-corrected chi connectivity index (χ4v) is 7.01. The number of halogens is 1. The molecule has 0 aliphatic carbocycles. The first-order chi connectivity index (χ1) is 11.3. The first-order valence-electron chi connectivity index (χ1n) is 7.74. The molecule has 0 bridgehead atoms. The molecule has 0 radical (unpaired) electrons. The molecule has 2 aliphatic heterocycles. The van der Waals surface area contributed by atoms with Crippen molar-refractivity contribution in [2.24, 2.45) is 4.99 Å². The van der Waals surface area contributed by atoms with Crippen molar-refractivity contribution in [2.75, 3.05) is 22.3 Å². The van der Waals surface area contributed by atoms with Crippen molar-refractivity contribution >= 4 is 50.0 Å². The molecule has 5 nitrogen and oxygen atoms in total. The number of carbonyl (C=O) groups is 1. The summed E-state index contributed by atoms with van der Waals surface area (Å²) in [6.07, 6.45) is 0. The number of amidine groups is 1. The second kappa shape index (κ2) is 6.69. The highest BCUT2D eigenvalue weighted by Gasteiger charge is 2.49. The summed E-state index contributed by atoms with van der Waals surface area (Å²) in [5.74, 6) is 0.0304. The lowest BCUT2D eigenvalue weighted by atomic mass is 10.0. The van der Waals surface area contributed by atoms with Gasteiger partial charge in [-0.15, -0.1) is 11.6 Å². The van der Waals surface area contributed by atoms with Crippen LogP contribution in [0.5, 0.6) is 0 Å². The predicted molar refractivity (Wildman–Crippen MR) is 100.0 cm³/mol. The Bertz CT molecular complexity index is 775. The van der Waals surface area contributed by atoms with Gasteiger partial charge in [0.05, 0.1) is 17.5 Å². The molecule has 0 N–H and O–H groups in total. The van der Waals surface area contributed by atoms with Crippen LogP contribution in [0, 0.1) is 0 Å². The number of nitrogens with zero attached hydrogens (tertiary/aromatic N) is 2. The second-order valence-electron chi connectivity index (χ2n) is 6.34. The Labute approximate surface area is 151 Å². The van der Waals surface area contributed by atoms with E-state index in [0.717, 1.165) is 5.69 Å². The van der Waals surface area contributed by atoms with Crippen LogP contribution in [-0.2, 0) is 14.6 Å². The number of fused-ring (bicyclic) bond motifs is 1. The number of carbonyl (C=O) groups excluding carboxylic acids is 1. The molecule has 2 aliphatic rings. The number of amides is 1. The average molecular weight is 387 g/mol. The molecule has 130 valence electrons. The van der Waals surface area contributed by atoms with E-state index in [-0.39, 0.29) is 28.7 Å². The van der Waals surface area contributed by atoms with Crippen LogP contribution in [0.4, 0.5) is 5.69 Å². The third-order valence-corrected chi connectivity index (χ3v) is 7.68. The zero-order valence-electron chi connectivity index (χ0n) is 13.5. The van der Waals surface area contributed by atoms with Crippen LogP contribution in [0.2, 0.25) is 0 Å². The van der Waals surface area contributed by atoms with Crippen molar-refractivity contribution < 1.29 is 13.2 Å². The molecule has 0 aromatic heterocycles. The van der Waals surface area contributed by atoms with E-state index >= 15 is 0 Å². The minimum atomic E-state index is -3.05. The van der Waals surface area contributed by atoms with E-state index in [1.165, 1.54) is 17.3 Å². The lowest BCUT2D eigenvalue weighted by molar-refractivity contribution is -0.115. The van der Waals surface area contributed by atoms with Gasteiger partial charge in [-0.1, -0.05) is 37.7 Å². The highest BCUT2D eigenvalue weighted by Crippen LogP contribution is 2.41. The molecule has 2 atom stereocenters. The van der Waals surface area contributed by atoms with Gasteiger partial charge >= 0.3 is 0 Å². The van der Waals surface area contributed by atoms with E-state index in [4.69, 9.17) is 11.6 Å². The van der Waals surface area contributed by atoms with Crippen LogP contribution in [0.15, 0.2) is 29.3 Å². The molecule has 2 unspecified atom stereocenters. The molecule has 2 heterocycles. The topological polar surface area (TPSA) is 66.8 Å². The summed E-state index contributed by atoms with van der Waals surface area (Å²) >= 11 is 6.92. The molecule has 2 saturated heterocycles. The Morgan fingerprint density at radius 1 is 1.33 bits per heavy atom. The molecule has 3 rings (SSSR count). The lowest BCUT2D eigenvalue weighted by Crippen LogP contribution is -2.37. The number of hydrogen-bond donors (Lipinski definition) is 0.